The van der Waals surface area contributed by atoms with Crippen LogP contribution in [0.3, 0.4) is 0 Å². The highest BCUT2D eigenvalue weighted by Gasteiger charge is 2.51. The van der Waals surface area contributed by atoms with Crippen LogP contribution in [0.1, 0.15) is 5.56 Å². The molecule has 2 rings (SSSR count). The normalized spacial score (nSPS) is 19.7. The SMILES string of the molecule is COc1ccc(COC(=O)C(=O)N2C(=O)C(Br)C2SC=O)cc1. The van der Waals surface area contributed by atoms with Crippen LogP contribution in [0.15, 0.2) is 24.3 Å². The van der Waals surface area contributed by atoms with Crippen LogP contribution >= 0.6 is 27.7 Å². The molecule has 0 saturated carbocycles. The lowest BCUT2D eigenvalue weighted by Gasteiger charge is -2.40. The number of benzene rings is 1. The van der Waals surface area contributed by atoms with Crippen LogP contribution in [-0.4, -0.2) is 45.6 Å². The van der Waals surface area contributed by atoms with E-state index >= 15 is 0 Å². The van der Waals surface area contributed by atoms with Crippen LogP contribution in [0.25, 0.3) is 0 Å². The number of ether oxygens (including phenoxy) is 2. The van der Waals surface area contributed by atoms with E-state index in [1.165, 1.54) is 7.11 Å². The van der Waals surface area contributed by atoms with E-state index in [1.54, 1.807) is 24.3 Å². The van der Waals surface area contributed by atoms with Gasteiger partial charge in [0.15, 0.2) is 5.62 Å². The van der Waals surface area contributed by atoms with Gasteiger partial charge in [0.25, 0.3) is 0 Å². The topological polar surface area (TPSA) is 90.0 Å². The molecule has 122 valence electrons. The van der Waals surface area contributed by atoms with E-state index in [2.05, 4.69) is 15.9 Å². The zero-order chi connectivity index (χ0) is 17.0. The van der Waals surface area contributed by atoms with Gasteiger partial charge >= 0.3 is 11.9 Å². The molecule has 1 aromatic rings. The number of imide groups is 1. The molecule has 0 aliphatic carbocycles. The van der Waals surface area contributed by atoms with Crippen LogP contribution in [0.5, 0.6) is 5.75 Å². The van der Waals surface area contributed by atoms with Crippen LogP contribution in [-0.2, 0) is 30.5 Å². The Hall–Kier alpha value is -1.87. The van der Waals surface area contributed by atoms with Gasteiger partial charge < -0.3 is 9.47 Å². The number of likely N-dealkylation sites (tertiary alicyclic amines) is 1. The minimum Gasteiger partial charge on any atom is -0.497 e. The number of hydrogen-bond donors (Lipinski definition) is 0. The molecule has 23 heavy (non-hydrogen) atoms. The fourth-order valence-electron chi connectivity index (χ4n) is 1.86. The van der Waals surface area contributed by atoms with Gasteiger partial charge in [-0.15, -0.1) is 0 Å². The third-order valence-corrected chi connectivity index (χ3v) is 5.21. The number of β-lactam (4-membered cyclic amide) rings is 1. The highest BCUT2D eigenvalue weighted by Crippen LogP contribution is 2.34. The van der Waals surface area contributed by atoms with Crippen molar-refractivity contribution in [2.75, 3.05) is 7.11 Å². The lowest BCUT2D eigenvalue weighted by Crippen LogP contribution is -2.64. The maximum Gasteiger partial charge on any atom is 0.397 e. The molecule has 0 N–H and O–H groups in total. The van der Waals surface area contributed by atoms with Crippen LogP contribution in [0.4, 0.5) is 0 Å². The second kappa shape index (κ2) is 7.60. The number of halogens is 1. The van der Waals surface area contributed by atoms with E-state index in [1.807, 2.05) is 0 Å². The van der Waals surface area contributed by atoms with E-state index in [0.29, 0.717) is 16.9 Å². The number of methoxy groups -OCH3 is 1. The van der Waals surface area contributed by atoms with Gasteiger partial charge in [0.1, 0.15) is 22.6 Å². The second-order valence-corrected chi connectivity index (χ2v) is 6.40. The second-order valence-electron chi connectivity index (χ2n) is 4.46. The quantitative estimate of drug-likeness (QED) is 0.240. The minimum atomic E-state index is -1.15. The van der Waals surface area contributed by atoms with Crippen LogP contribution in [0.2, 0.25) is 0 Å². The summed E-state index contributed by atoms with van der Waals surface area (Å²) >= 11 is 3.79. The Kier molecular flexibility index (Phi) is 5.78. The number of carbonyl (C=O) groups excluding carboxylic acids is 4. The molecule has 1 heterocycles. The molecule has 2 unspecified atom stereocenters. The average molecular weight is 402 g/mol. The average Bonchev–Trinajstić information content (AvgIpc) is 2.59. The summed E-state index contributed by atoms with van der Waals surface area (Å²) in [6, 6.07) is 6.75. The summed E-state index contributed by atoms with van der Waals surface area (Å²) in [5.74, 6) is -2.15. The summed E-state index contributed by atoms with van der Waals surface area (Å²) in [6.07, 6.45) is 0. The zero-order valence-corrected chi connectivity index (χ0v) is 14.3. The maximum atomic E-state index is 11.9. The number of hydrogen-bond acceptors (Lipinski definition) is 7. The lowest BCUT2D eigenvalue weighted by molar-refractivity contribution is -0.168. The van der Waals surface area contributed by atoms with E-state index in [9.17, 15) is 19.2 Å². The van der Waals surface area contributed by atoms with Crippen molar-refractivity contribution in [2.24, 2.45) is 0 Å². The first kappa shape index (κ1) is 17.5. The Bertz CT molecular complexity index is 635. The van der Waals surface area contributed by atoms with E-state index in [0.717, 1.165) is 16.7 Å². The number of rotatable bonds is 5. The summed E-state index contributed by atoms with van der Waals surface area (Å²) in [4.78, 5) is 45.9. The molecule has 1 saturated heterocycles. The van der Waals surface area contributed by atoms with Crippen molar-refractivity contribution in [3.05, 3.63) is 29.8 Å². The summed E-state index contributed by atoms with van der Waals surface area (Å²) in [5.41, 5.74) is 1.17. The predicted octanol–water partition coefficient (Wildman–Crippen LogP) is 1.12. The molecule has 2 amide bonds. The summed E-state index contributed by atoms with van der Waals surface area (Å²) in [6.45, 7) is -0.111. The van der Waals surface area contributed by atoms with Crippen molar-refractivity contribution in [2.45, 2.75) is 16.8 Å². The molecule has 0 bridgehead atoms. The van der Waals surface area contributed by atoms with Crippen LogP contribution < -0.4 is 4.74 Å². The fraction of sp³-hybridized carbons (Fsp3) is 0.286. The van der Waals surface area contributed by atoms with Gasteiger partial charge in [-0.05, 0) is 17.7 Å². The van der Waals surface area contributed by atoms with Crippen molar-refractivity contribution in [3.8, 4) is 5.75 Å². The molecule has 2 atom stereocenters. The van der Waals surface area contributed by atoms with Crippen molar-refractivity contribution in [1.82, 2.24) is 4.90 Å². The van der Waals surface area contributed by atoms with Gasteiger partial charge in [0.05, 0.1) is 7.11 Å². The summed E-state index contributed by atoms with van der Waals surface area (Å²) in [5, 5.41) is -0.735. The van der Waals surface area contributed by atoms with E-state index in [-0.39, 0.29) is 6.61 Å². The van der Waals surface area contributed by atoms with Gasteiger partial charge in [-0.3, -0.25) is 19.3 Å². The van der Waals surface area contributed by atoms with Crippen molar-refractivity contribution < 1.29 is 28.7 Å². The highest BCUT2D eigenvalue weighted by molar-refractivity contribution is 9.10. The molecule has 1 aromatic carbocycles. The third-order valence-electron chi connectivity index (χ3n) is 3.10. The number of amides is 2. The fourth-order valence-corrected chi connectivity index (χ4v) is 3.38. The van der Waals surface area contributed by atoms with Crippen molar-refractivity contribution in [1.29, 1.82) is 0 Å². The Labute approximate surface area is 144 Å². The predicted molar refractivity (Wildman–Crippen MR) is 85.5 cm³/mol. The number of nitrogens with zero attached hydrogens (tertiary/aromatic N) is 1. The Balaban J connectivity index is 1.93. The number of thioether (sulfide) groups is 1. The molecule has 1 aliphatic rings. The molecule has 1 fully saturated rings. The first-order valence-corrected chi connectivity index (χ1v) is 8.25. The van der Waals surface area contributed by atoms with Crippen LogP contribution in [0, 0.1) is 0 Å². The molecular weight excluding hydrogens is 390 g/mol. The minimum absolute atomic E-state index is 0.111. The van der Waals surface area contributed by atoms with Gasteiger partial charge in [0, 0.05) is 0 Å². The highest BCUT2D eigenvalue weighted by atomic mass is 79.9. The first-order chi connectivity index (χ1) is 11.0. The van der Waals surface area contributed by atoms with Crippen molar-refractivity contribution >= 4 is 51.1 Å². The molecular formula is C14H12BrNO6S. The van der Waals surface area contributed by atoms with Gasteiger partial charge in [-0.25, -0.2) is 4.79 Å². The number of alkyl halides is 1. The Morgan fingerprint density at radius 3 is 2.57 bits per heavy atom. The first-order valence-electron chi connectivity index (χ1n) is 6.40. The Morgan fingerprint density at radius 1 is 1.35 bits per heavy atom. The molecule has 9 heteroatoms. The number of esters is 1. The van der Waals surface area contributed by atoms with Crippen molar-refractivity contribution in [3.63, 3.8) is 0 Å². The Morgan fingerprint density at radius 2 is 2.00 bits per heavy atom. The summed E-state index contributed by atoms with van der Waals surface area (Å²) < 4.78 is 9.90. The van der Waals surface area contributed by atoms with Gasteiger partial charge in [0.2, 0.25) is 5.91 Å². The summed E-state index contributed by atoms with van der Waals surface area (Å²) in [7, 11) is 1.53. The number of carbonyl (C=O) groups is 4. The molecule has 0 radical (unpaired) electrons. The van der Waals surface area contributed by atoms with E-state index in [4.69, 9.17) is 9.47 Å². The standard InChI is InChI=1S/C14H12BrNO6S/c1-21-9-4-2-8(3-5-9)6-22-14(20)12(19)16-11(18)10(15)13(16)23-7-17/h2-5,7,10,13H,6H2,1H3. The largest absolute Gasteiger partial charge is 0.497 e. The molecule has 1 aliphatic heterocycles. The zero-order valence-electron chi connectivity index (χ0n) is 11.9. The molecule has 0 aromatic heterocycles. The van der Waals surface area contributed by atoms with Gasteiger partial charge in [-0.1, -0.05) is 39.8 Å². The molecule has 0 spiro atoms. The molecule has 7 nitrogen and oxygen atoms in total. The monoisotopic (exact) mass is 401 g/mol. The lowest BCUT2D eigenvalue weighted by atomic mass is 10.2. The third kappa shape index (κ3) is 3.73. The smallest absolute Gasteiger partial charge is 0.397 e. The van der Waals surface area contributed by atoms with E-state index < -0.39 is 28.0 Å². The van der Waals surface area contributed by atoms with Gasteiger partial charge in [-0.2, -0.15) is 0 Å². The maximum absolute atomic E-state index is 11.9.